The van der Waals surface area contributed by atoms with Crippen LogP contribution in [0.15, 0.2) is 224 Å². The molecule has 5 heterocycles. The highest BCUT2D eigenvalue weighted by Crippen LogP contribution is 2.48. The van der Waals surface area contributed by atoms with Gasteiger partial charge in [0.15, 0.2) is 0 Å². The van der Waals surface area contributed by atoms with E-state index in [1.165, 1.54) is 98.3 Å². The van der Waals surface area contributed by atoms with Gasteiger partial charge in [-0.15, -0.1) is 0 Å². The summed E-state index contributed by atoms with van der Waals surface area (Å²) in [6.45, 7) is 0. The summed E-state index contributed by atoms with van der Waals surface area (Å²) in [5.74, 6) is 0. The zero-order chi connectivity index (χ0) is 42.3. The highest BCUT2D eigenvalue weighted by atomic mass is 15.1. The van der Waals surface area contributed by atoms with Gasteiger partial charge in [-0.1, -0.05) is 121 Å². The first kappa shape index (κ1) is 34.7. The van der Waals surface area contributed by atoms with Gasteiger partial charge in [0.25, 0.3) is 0 Å². The molecule has 0 radical (unpaired) electrons. The van der Waals surface area contributed by atoms with Crippen molar-refractivity contribution in [3.8, 4) is 11.4 Å². The molecule has 0 fully saturated rings. The second kappa shape index (κ2) is 12.9. The number of anilines is 3. The second-order valence-corrected chi connectivity index (χ2v) is 17.3. The van der Waals surface area contributed by atoms with E-state index < -0.39 is 0 Å². The van der Waals surface area contributed by atoms with E-state index in [0.29, 0.717) is 0 Å². The van der Waals surface area contributed by atoms with Crippen LogP contribution >= 0.6 is 0 Å². The Morgan fingerprint density at radius 1 is 0.246 bits per heavy atom. The standard InChI is InChI=1S/C60H37N5/c1-4-17-38(18-5-1)61(39-19-6-2-7-20-39)41-31-33-42(34-32-41)62-50-27-13-10-23-43(50)47-35-55-48(36-54(47)62)45-26-16-30-53-58(45)65(55)60-57-46-25-12-15-29-52(46)63(40-21-8-3-9-22-40)56(57)37-49-44-24-11-14-28-51(44)64(53)59(49)60/h1-37H. The van der Waals surface area contributed by atoms with Gasteiger partial charge in [0.2, 0.25) is 0 Å². The smallest absolute Gasteiger partial charge is 0.0811 e. The minimum absolute atomic E-state index is 1.11. The Hall–Kier alpha value is -8.80. The van der Waals surface area contributed by atoms with Crippen molar-refractivity contribution in [3.63, 3.8) is 0 Å². The van der Waals surface area contributed by atoms with Gasteiger partial charge in [-0.3, -0.25) is 0 Å². The molecule has 5 heteroatoms. The average Bonchev–Trinajstić information content (AvgIpc) is 4.09. The van der Waals surface area contributed by atoms with E-state index in [0.717, 1.165) is 28.4 Å². The Morgan fingerprint density at radius 3 is 1.43 bits per heavy atom. The van der Waals surface area contributed by atoms with Crippen molar-refractivity contribution in [1.29, 1.82) is 0 Å². The molecule has 0 N–H and O–H groups in total. The fraction of sp³-hybridized carbons (Fsp3) is 0. The third kappa shape index (κ3) is 4.60. The number of para-hydroxylation sites is 7. The zero-order valence-corrected chi connectivity index (χ0v) is 35.1. The molecule has 65 heavy (non-hydrogen) atoms. The Bertz CT molecular complexity index is 4340. The Balaban J connectivity index is 1.07. The maximum atomic E-state index is 2.62. The molecule has 0 saturated heterocycles. The summed E-state index contributed by atoms with van der Waals surface area (Å²) in [5, 5.41) is 9.96. The molecule has 0 atom stereocenters. The number of hydrogen-bond acceptors (Lipinski definition) is 1. The van der Waals surface area contributed by atoms with E-state index in [2.05, 4.69) is 247 Å². The number of nitrogens with zero attached hydrogens (tertiary/aromatic N) is 5. The molecule has 5 nitrogen and oxygen atoms in total. The molecule has 0 aliphatic rings. The highest BCUT2D eigenvalue weighted by molar-refractivity contribution is 6.32. The molecule has 0 unspecified atom stereocenters. The molecule has 0 bridgehead atoms. The zero-order valence-electron chi connectivity index (χ0n) is 35.1. The number of rotatable bonds is 5. The molecule has 15 aromatic rings. The predicted octanol–water partition coefficient (Wildman–Crippen LogP) is 15.9. The number of fused-ring (bicyclic) bond motifs is 15. The Labute approximate surface area is 372 Å². The molecular formula is C60H37N5. The largest absolute Gasteiger partial charge is 0.311 e. The molecule has 0 spiro atoms. The molecular weight excluding hydrogens is 791 g/mol. The third-order valence-corrected chi connectivity index (χ3v) is 14.0. The Kier molecular flexibility index (Phi) is 6.89. The molecule has 0 aliphatic heterocycles. The van der Waals surface area contributed by atoms with Gasteiger partial charge in [-0.2, -0.15) is 0 Å². The van der Waals surface area contributed by atoms with E-state index in [1.807, 2.05) is 0 Å². The van der Waals surface area contributed by atoms with Crippen molar-refractivity contribution in [2.24, 2.45) is 0 Å². The van der Waals surface area contributed by atoms with Crippen LogP contribution in [-0.4, -0.2) is 17.9 Å². The van der Waals surface area contributed by atoms with Crippen molar-refractivity contribution < 1.29 is 0 Å². The van der Waals surface area contributed by atoms with E-state index in [9.17, 15) is 0 Å². The minimum atomic E-state index is 1.11. The summed E-state index contributed by atoms with van der Waals surface area (Å²) < 4.78 is 10.1. The fourth-order valence-corrected chi connectivity index (χ4v) is 11.4. The van der Waals surface area contributed by atoms with Gasteiger partial charge in [0.1, 0.15) is 0 Å². The molecule has 0 saturated carbocycles. The number of hydrogen-bond donors (Lipinski definition) is 0. The van der Waals surface area contributed by atoms with Crippen LogP contribution in [0.3, 0.4) is 0 Å². The van der Waals surface area contributed by atoms with Crippen molar-refractivity contribution in [1.82, 2.24) is 17.9 Å². The number of benzene rings is 10. The summed E-state index contributed by atoms with van der Waals surface area (Å²) >= 11 is 0. The summed E-state index contributed by atoms with van der Waals surface area (Å²) in [6.07, 6.45) is 0. The number of aromatic nitrogens is 4. The summed E-state index contributed by atoms with van der Waals surface area (Å²) in [6, 6.07) is 82.2. The average molecular weight is 828 g/mol. The normalized spacial score (nSPS) is 12.3. The van der Waals surface area contributed by atoms with Gasteiger partial charge in [-0.05, 0) is 103 Å². The predicted molar refractivity (Wildman–Crippen MR) is 273 cm³/mol. The van der Waals surface area contributed by atoms with Crippen LogP contribution in [-0.2, 0) is 0 Å². The van der Waals surface area contributed by atoms with Crippen LogP contribution in [0.2, 0.25) is 0 Å². The van der Waals surface area contributed by atoms with E-state index in [1.54, 1.807) is 0 Å². The van der Waals surface area contributed by atoms with Crippen molar-refractivity contribution in [2.45, 2.75) is 0 Å². The minimum Gasteiger partial charge on any atom is -0.311 e. The van der Waals surface area contributed by atoms with Gasteiger partial charge in [0.05, 0.1) is 55.2 Å². The second-order valence-electron chi connectivity index (χ2n) is 17.3. The SMILES string of the molecule is c1ccc(N(c2ccccc2)c2ccc(-n3c4ccccc4c4cc5c(cc43)c3cccc4c3n5c3c5c6ccccc6n(-c6ccccc6)c5cc5c6ccccc6n4c53)cc2)cc1. The molecule has 10 aromatic carbocycles. The lowest BCUT2D eigenvalue weighted by Gasteiger charge is -2.25. The maximum Gasteiger partial charge on any atom is 0.0811 e. The van der Waals surface area contributed by atoms with Gasteiger partial charge < -0.3 is 22.8 Å². The van der Waals surface area contributed by atoms with Crippen LogP contribution < -0.4 is 4.90 Å². The van der Waals surface area contributed by atoms with Crippen LogP contribution in [0.5, 0.6) is 0 Å². The van der Waals surface area contributed by atoms with Gasteiger partial charge in [0, 0.05) is 71.5 Å². The fourth-order valence-electron chi connectivity index (χ4n) is 11.4. The van der Waals surface area contributed by atoms with Crippen molar-refractivity contribution >= 4 is 115 Å². The molecule has 5 aromatic heterocycles. The molecule has 15 rings (SSSR count). The first-order valence-electron chi connectivity index (χ1n) is 22.4. The lowest BCUT2D eigenvalue weighted by atomic mass is 10.1. The quantitative estimate of drug-likeness (QED) is 0.158. The van der Waals surface area contributed by atoms with E-state index in [-0.39, 0.29) is 0 Å². The van der Waals surface area contributed by atoms with Crippen LogP contribution in [0, 0.1) is 0 Å². The van der Waals surface area contributed by atoms with Gasteiger partial charge >= 0.3 is 0 Å². The topological polar surface area (TPSA) is 21.9 Å². The van der Waals surface area contributed by atoms with Crippen LogP contribution in [0.4, 0.5) is 17.1 Å². The van der Waals surface area contributed by atoms with E-state index >= 15 is 0 Å². The lowest BCUT2D eigenvalue weighted by Crippen LogP contribution is -2.09. The monoisotopic (exact) mass is 827 g/mol. The summed E-state index contributed by atoms with van der Waals surface area (Å²) in [4.78, 5) is 2.32. The van der Waals surface area contributed by atoms with Crippen molar-refractivity contribution in [2.75, 3.05) is 4.90 Å². The highest BCUT2D eigenvalue weighted by Gasteiger charge is 2.27. The Morgan fingerprint density at radius 2 is 0.723 bits per heavy atom. The van der Waals surface area contributed by atoms with E-state index in [4.69, 9.17) is 0 Å². The van der Waals surface area contributed by atoms with Gasteiger partial charge in [-0.25, -0.2) is 0 Å². The third-order valence-electron chi connectivity index (χ3n) is 14.0. The van der Waals surface area contributed by atoms with Crippen LogP contribution in [0.25, 0.3) is 110 Å². The molecule has 302 valence electrons. The van der Waals surface area contributed by atoms with Crippen LogP contribution in [0.1, 0.15) is 0 Å². The van der Waals surface area contributed by atoms with Crippen molar-refractivity contribution in [3.05, 3.63) is 224 Å². The summed E-state index contributed by atoms with van der Waals surface area (Å²) in [5.41, 5.74) is 17.8. The maximum absolute atomic E-state index is 2.62. The lowest BCUT2D eigenvalue weighted by molar-refractivity contribution is 1.17. The molecule has 0 amide bonds. The summed E-state index contributed by atoms with van der Waals surface area (Å²) in [7, 11) is 0. The first-order valence-corrected chi connectivity index (χ1v) is 22.4. The first-order chi connectivity index (χ1) is 32.3. The molecule has 0 aliphatic carbocycles.